The van der Waals surface area contributed by atoms with Gasteiger partial charge >= 0.3 is 11.9 Å². The van der Waals surface area contributed by atoms with Gasteiger partial charge in [0, 0.05) is 0 Å². The number of benzene rings is 1. The van der Waals surface area contributed by atoms with E-state index in [0.29, 0.717) is 12.0 Å². The molecule has 4 heteroatoms. The minimum atomic E-state index is -1.06. The fraction of sp³-hybridized carbons (Fsp3) is 0.724. The van der Waals surface area contributed by atoms with Crippen molar-refractivity contribution in [3.05, 3.63) is 35.4 Å². The van der Waals surface area contributed by atoms with Gasteiger partial charge in [-0.3, -0.25) is 4.79 Å². The second-order valence-corrected chi connectivity index (χ2v) is 9.58. The number of rotatable bonds is 22. The molecule has 0 spiro atoms. The topological polar surface area (TPSA) is 74.6 Å². The summed E-state index contributed by atoms with van der Waals surface area (Å²) in [4.78, 5) is 23.1. The summed E-state index contributed by atoms with van der Waals surface area (Å²) in [6.45, 7) is 2.27. The van der Waals surface area contributed by atoms with Crippen LogP contribution >= 0.6 is 0 Å². The minimum absolute atomic E-state index is 0.104. The van der Waals surface area contributed by atoms with Crippen molar-refractivity contribution in [2.24, 2.45) is 0 Å². The predicted molar refractivity (Wildman–Crippen MR) is 137 cm³/mol. The Morgan fingerprint density at radius 1 is 0.636 bits per heavy atom. The van der Waals surface area contributed by atoms with Crippen LogP contribution in [-0.2, 0) is 4.79 Å². The van der Waals surface area contributed by atoms with Gasteiger partial charge in [0.2, 0.25) is 0 Å². The number of unbranched alkanes of at least 4 members (excludes halogenated alkanes) is 17. The van der Waals surface area contributed by atoms with Crippen molar-refractivity contribution in [1.82, 2.24) is 0 Å². The molecule has 0 fully saturated rings. The van der Waals surface area contributed by atoms with E-state index in [4.69, 9.17) is 0 Å². The van der Waals surface area contributed by atoms with Crippen LogP contribution in [0.2, 0.25) is 0 Å². The van der Waals surface area contributed by atoms with E-state index in [9.17, 15) is 19.8 Å². The van der Waals surface area contributed by atoms with Crippen LogP contribution in [0, 0.1) is 0 Å². The van der Waals surface area contributed by atoms with E-state index in [1.807, 2.05) is 0 Å². The molecule has 1 aromatic carbocycles. The zero-order chi connectivity index (χ0) is 24.2. The Labute approximate surface area is 202 Å². The van der Waals surface area contributed by atoms with Crippen molar-refractivity contribution in [2.75, 3.05) is 0 Å². The Balaban J connectivity index is 1.99. The van der Waals surface area contributed by atoms with Crippen molar-refractivity contribution in [3.8, 4) is 0 Å². The van der Waals surface area contributed by atoms with Crippen LogP contribution in [0.25, 0.3) is 0 Å². The van der Waals surface area contributed by atoms with Crippen LogP contribution < -0.4 is 0 Å². The van der Waals surface area contributed by atoms with Gasteiger partial charge < -0.3 is 10.2 Å². The Hall–Kier alpha value is -1.84. The van der Waals surface area contributed by atoms with Crippen LogP contribution in [0.4, 0.5) is 0 Å². The lowest BCUT2D eigenvalue weighted by atomic mass is 9.89. The molecule has 1 unspecified atom stereocenters. The van der Waals surface area contributed by atoms with Crippen molar-refractivity contribution in [2.45, 2.75) is 135 Å². The maximum Gasteiger partial charge on any atom is 0.335 e. The van der Waals surface area contributed by atoms with Gasteiger partial charge in [0.25, 0.3) is 0 Å². The number of carboxylic acids is 2. The maximum atomic E-state index is 11.7. The Morgan fingerprint density at radius 3 is 1.42 bits per heavy atom. The molecule has 4 nitrogen and oxygen atoms in total. The van der Waals surface area contributed by atoms with Gasteiger partial charge in [0.05, 0.1) is 11.5 Å². The Morgan fingerprint density at radius 2 is 1.03 bits per heavy atom. The third-order valence-electron chi connectivity index (χ3n) is 6.71. The van der Waals surface area contributed by atoms with Crippen LogP contribution in [0.5, 0.6) is 0 Å². The van der Waals surface area contributed by atoms with E-state index in [1.54, 1.807) is 18.2 Å². The van der Waals surface area contributed by atoms with E-state index in [0.717, 1.165) is 19.3 Å². The highest BCUT2D eigenvalue weighted by molar-refractivity contribution is 5.92. The molecule has 0 heterocycles. The first-order chi connectivity index (χ1) is 16.1. The summed E-state index contributed by atoms with van der Waals surface area (Å²) in [5.41, 5.74) is 0.525. The minimum Gasteiger partial charge on any atom is -0.481 e. The summed E-state index contributed by atoms with van der Waals surface area (Å²) in [5.74, 6) is -2.73. The summed E-state index contributed by atoms with van der Waals surface area (Å²) >= 11 is 0. The third-order valence-corrected chi connectivity index (χ3v) is 6.71. The molecule has 2 N–H and O–H groups in total. The molecule has 0 radical (unpaired) electrons. The fourth-order valence-electron chi connectivity index (χ4n) is 4.66. The van der Waals surface area contributed by atoms with Gasteiger partial charge in [-0.05, 0) is 18.1 Å². The summed E-state index contributed by atoms with van der Waals surface area (Å²) < 4.78 is 0. The molecule has 0 aliphatic carbocycles. The zero-order valence-electron chi connectivity index (χ0n) is 21.0. The van der Waals surface area contributed by atoms with Gasteiger partial charge in [-0.15, -0.1) is 0 Å². The lowest BCUT2D eigenvalue weighted by molar-refractivity contribution is -0.139. The fourth-order valence-corrected chi connectivity index (χ4v) is 4.66. The first-order valence-corrected chi connectivity index (χ1v) is 13.6. The number of hydrogen-bond acceptors (Lipinski definition) is 2. The molecule has 0 bridgehead atoms. The molecular formula is C29H48O4. The monoisotopic (exact) mass is 460 g/mol. The number of aliphatic carboxylic acids is 1. The normalized spacial score (nSPS) is 12.0. The van der Waals surface area contributed by atoms with E-state index in [-0.39, 0.29) is 5.56 Å². The smallest absolute Gasteiger partial charge is 0.335 e. The molecule has 1 aromatic rings. The Kier molecular flexibility index (Phi) is 17.4. The average molecular weight is 461 g/mol. The van der Waals surface area contributed by atoms with Crippen LogP contribution in [0.1, 0.15) is 151 Å². The number of hydrogen-bond donors (Lipinski definition) is 2. The second kappa shape index (κ2) is 19.6. The molecule has 1 atom stereocenters. The average Bonchev–Trinajstić information content (AvgIpc) is 2.80. The van der Waals surface area contributed by atoms with Crippen molar-refractivity contribution < 1.29 is 19.8 Å². The highest BCUT2D eigenvalue weighted by Gasteiger charge is 2.24. The van der Waals surface area contributed by atoms with Crippen molar-refractivity contribution in [1.29, 1.82) is 0 Å². The molecular weight excluding hydrogens is 412 g/mol. The molecule has 0 aliphatic heterocycles. The van der Waals surface area contributed by atoms with Crippen molar-refractivity contribution >= 4 is 11.9 Å². The standard InChI is InChI=1S/C29H48O4/c1-2-3-4-5-6-7-8-9-10-11-12-13-14-15-16-17-18-19-23-26(28(30)31)25-22-20-21-24-27(25)29(32)33/h20-22,24,26H,2-19,23H2,1H3,(H,30,31)(H,32,33). The van der Waals surface area contributed by atoms with E-state index >= 15 is 0 Å². The first-order valence-electron chi connectivity index (χ1n) is 13.6. The number of carbonyl (C=O) groups is 2. The summed E-state index contributed by atoms with van der Waals surface area (Å²) in [7, 11) is 0. The maximum absolute atomic E-state index is 11.7. The van der Waals surface area contributed by atoms with Gasteiger partial charge in [-0.2, -0.15) is 0 Å². The summed E-state index contributed by atoms with van der Waals surface area (Å²) in [6, 6.07) is 6.48. The van der Waals surface area contributed by atoms with Crippen LogP contribution in [-0.4, -0.2) is 22.2 Å². The lowest BCUT2D eigenvalue weighted by Gasteiger charge is -2.15. The Bertz CT molecular complexity index is 640. The molecule has 188 valence electrons. The molecule has 0 aromatic heterocycles. The molecule has 33 heavy (non-hydrogen) atoms. The van der Waals surface area contributed by atoms with Gasteiger partial charge in [0.1, 0.15) is 0 Å². The van der Waals surface area contributed by atoms with Gasteiger partial charge in [0.15, 0.2) is 0 Å². The van der Waals surface area contributed by atoms with E-state index < -0.39 is 17.9 Å². The lowest BCUT2D eigenvalue weighted by Crippen LogP contribution is -2.15. The molecule has 0 saturated heterocycles. The first kappa shape index (κ1) is 29.2. The third kappa shape index (κ3) is 14.1. The highest BCUT2D eigenvalue weighted by atomic mass is 16.4. The van der Waals surface area contributed by atoms with E-state index in [1.165, 1.54) is 102 Å². The van der Waals surface area contributed by atoms with E-state index in [2.05, 4.69) is 6.92 Å². The SMILES string of the molecule is CCCCCCCCCCCCCCCCCCCCC(C(=O)O)c1ccccc1C(=O)O. The second-order valence-electron chi connectivity index (χ2n) is 9.58. The number of carboxylic acid groups (broad SMARTS) is 2. The largest absolute Gasteiger partial charge is 0.481 e. The molecule has 0 saturated carbocycles. The summed E-state index contributed by atoms with van der Waals surface area (Å²) in [6.07, 6.45) is 23.9. The predicted octanol–water partition coefficient (Wildman–Crippen LogP) is 8.98. The van der Waals surface area contributed by atoms with Gasteiger partial charge in [-0.1, -0.05) is 141 Å². The van der Waals surface area contributed by atoms with Crippen LogP contribution in [0.15, 0.2) is 24.3 Å². The number of aromatic carboxylic acids is 1. The van der Waals surface area contributed by atoms with Crippen LogP contribution in [0.3, 0.4) is 0 Å². The molecule has 1 rings (SSSR count). The highest BCUT2D eigenvalue weighted by Crippen LogP contribution is 2.26. The summed E-state index contributed by atoms with van der Waals surface area (Å²) in [5, 5.41) is 18.9. The zero-order valence-corrected chi connectivity index (χ0v) is 21.0. The van der Waals surface area contributed by atoms with Gasteiger partial charge in [-0.25, -0.2) is 4.79 Å². The van der Waals surface area contributed by atoms with Crippen molar-refractivity contribution in [3.63, 3.8) is 0 Å². The molecule has 0 amide bonds. The quantitative estimate of drug-likeness (QED) is 0.169. The molecule has 0 aliphatic rings.